The van der Waals surface area contributed by atoms with Gasteiger partial charge in [-0.25, -0.2) is 8.42 Å². The molecule has 1 aliphatic heterocycles. The number of fused-ring (bicyclic) bond motifs is 1. The van der Waals surface area contributed by atoms with Gasteiger partial charge in [0, 0.05) is 43.8 Å². The van der Waals surface area contributed by atoms with Gasteiger partial charge in [0.25, 0.3) is 0 Å². The molecule has 0 unspecified atom stereocenters. The first-order valence-corrected chi connectivity index (χ1v) is 13.3. The Hall–Kier alpha value is -2.46. The fraction of sp³-hybridized carbons (Fsp3) is 0.304. The summed E-state index contributed by atoms with van der Waals surface area (Å²) in [6.45, 7) is 3.61. The van der Waals surface area contributed by atoms with Gasteiger partial charge >= 0.3 is 4.87 Å². The van der Waals surface area contributed by atoms with E-state index < -0.39 is 10.0 Å². The van der Waals surface area contributed by atoms with E-state index in [-0.39, 0.29) is 28.8 Å². The number of carbonyl (C=O) groups is 1. The number of carbonyl (C=O) groups excluding carboxylic acids is 1. The van der Waals surface area contributed by atoms with Crippen molar-refractivity contribution in [3.8, 4) is 0 Å². The van der Waals surface area contributed by atoms with Crippen molar-refractivity contribution in [1.82, 2.24) is 13.8 Å². The topological polar surface area (TPSA) is 79.7 Å². The summed E-state index contributed by atoms with van der Waals surface area (Å²) in [4.78, 5) is 26.5. The van der Waals surface area contributed by atoms with Crippen LogP contribution in [0.15, 0.2) is 58.2 Å². The minimum Gasteiger partial charge on any atom is -0.337 e. The number of hydrogen-bond donors (Lipinski definition) is 0. The van der Waals surface area contributed by atoms with E-state index in [0.29, 0.717) is 29.4 Å². The number of rotatable bonds is 6. The number of piperazine rings is 1. The molecular formula is C23H24ClN3O4S2. The smallest absolute Gasteiger partial charge is 0.308 e. The van der Waals surface area contributed by atoms with Gasteiger partial charge in [0.15, 0.2) is 0 Å². The number of aryl methyl sites for hydroxylation is 1. The highest BCUT2D eigenvalue weighted by Gasteiger charge is 2.30. The second kappa shape index (κ2) is 9.80. The predicted molar refractivity (Wildman–Crippen MR) is 132 cm³/mol. The van der Waals surface area contributed by atoms with E-state index >= 15 is 0 Å². The third-order valence-electron chi connectivity index (χ3n) is 5.59. The van der Waals surface area contributed by atoms with Crippen molar-refractivity contribution >= 4 is 55.2 Å². The molecule has 0 atom stereocenters. The van der Waals surface area contributed by atoms with Gasteiger partial charge in [-0.3, -0.25) is 14.2 Å². The van der Waals surface area contributed by atoms with Crippen LogP contribution in [0.2, 0.25) is 5.02 Å². The lowest BCUT2D eigenvalue weighted by Gasteiger charge is -2.33. The number of nitrogens with zero attached hydrogens (tertiary/aromatic N) is 3. The van der Waals surface area contributed by atoms with Gasteiger partial charge in [0.05, 0.1) is 15.1 Å². The Labute approximate surface area is 201 Å². The molecular weight excluding hydrogens is 482 g/mol. The van der Waals surface area contributed by atoms with Gasteiger partial charge in [0.1, 0.15) is 0 Å². The zero-order chi connectivity index (χ0) is 23.6. The van der Waals surface area contributed by atoms with Crippen molar-refractivity contribution in [3.63, 3.8) is 0 Å². The molecule has 1 fully saturated rings. The van der Waals surface area contributed by atoms with Crippen LogP contribution in [0.5, 0.6) is 0 Å². The molecule has 4 rings (SSSR count). The number of sulfonamides is 1. The molecule has 1 saturated heterocycles. The van der Waals surface area contributed by atoms with Crippen molar-refractivity contribution in [1.29, 1.82) is 0 Å². The molecule has 0 N–H and O–H groups in total. The van der Waals surface area contributed by atoms with Crippen LogP contribution in [-0.4, -0.2) is 54.3 Å². The third kappa shape index (κ3) is 4.91. The van der Waals surface area contributed by atoms with E-state index in [0.717, 1.165) is 28.8 Å². The highest BCUT2D eigenvalue weighted by atomic mass is 35.5. The van der Waals surface area contributed by atoms with Crippen LogP contribution >= 0.6 is 22.9 Å². The summed E-state index contributed by atoms with van der Waals surface area (Å²) in [5.41, 5.74) is 1.51. The minimum absolute atomic E-state index is 0.0848. The highest BCUT2D eigenvalue weighted by Crippen LogP contribution is 2.25. The zero-order valence-corrected chi connectivity index (χ0v) is 20.5. The molecule has 1 aromatic heterocycles. The van der Waals surface area contributed by atoms with Gasteiger partial charge in [-0.15, -0.1) is 0 Å². The molecule has 7 nitrogen and oxygen atoms in total. The molecule has 1 amide bonds. The van der Waals surface area contributed by atoms with Crippen molar-refractivity contribution < 1.29 is 13.2 Å². The third-order valence-corrected chi connectivity index (χ3v) is 8.77. The van der Waals surface area contributed by atoms with Crippen LogP contribution in [0.1, 0.15) is 18.9 Å². The largest absolute Gasteiger partial charge is 0.337 e. The Bertz CT molecular complexity index is 1370. The number of thiazole rings is 1. The second-order valence-corrected chi connectivity index (χ2v) is 11.1. The SMILES string of the molecule is CCCn1c(=O)sc2cc(S(=O)(=O)N3CCN(C(=O)C=Cc4ccccc4Cl)CC3)ccc21. The summed E-state index contributed by atoms with van der Waals surface area (Å²) in [6.07, 6.45) is 3.95. The van der Waals surface area contributed by atoms with Gasteiger partial charge < -0.3 is 4.90 Å². The maximum Gasteiger partial charge on any atom is 0.308 e. The molecule has 0 bridgehead atoms. The molecule has 0 aliphatic carbocycles. The molecule has 2 aromatic carbocycles. The number of halogens is 1. The van der Waals surface area contributed by atoms with Gasteiger partial charge in [-0.2, -0.15) is 4.31 Å². The zero-order valence-electron chi connectivity index (χ0n) is 18.1. The quantitative estimate of drug-likeness (QED) is 0.479. The van der Waals surface area contributed by atoms with Crippen LogP contribution in [0, 0.1) is 0 Å². The van der Waals surface area contributed by atoms with Gasteiger partial charge in [-0.1, -0.05) is 48.1 Å². The number of aromatic nitrogens is 1. The van der Waals surface area contributed by atoms with E-state index in [1.807, 2.05) is 25.1 Å². The summed E-state index contributed by atoms with van der Waals surface area (Å²) in [6, 6.07) is 12.1. The fourth-order valence-electron chi connectivity index (χ4n) is 3.82. The first kappa shape index (κ1) is 23.7. The molecule has 2 heterocycles. The number of hydrogen-bond acceptors (Lipinski definition) is 5. The number of amides is 1. The molecule has 33 heavy (non-hydrogen) atoms. The van der Waals surface area contributed by atoms with Crippen LogP contribution in [0.3, 0.4) is 0 Å². The number of benzene rings is 2. The summed E-state index contributed by atoms with van der Waals surface area (Å²) in [5.74, 6) is -0.185. The van der Waals surface area contributed by atoms with Crippen LogP contribution in [0.25, 0.3) is 16.3 Å². The first-order chi connectivity index (χ1) is 15.8. The normalized spacial score (nSPS) is 15.5. The average Bonchev–Trinajstić information content (AvgIpc) is 3.13. The Kier molecular flexibility index (Phi) is 7.04. The van der Waals surface area contributed by atoms with Crippen molar-refractivity contribution in [3.05, 3.63) is 68.8 Å². The maximum absolute atomic E-state index is 13.2. The molecule has 174 valence electrons. The van der Waals surface area contributed by atoms with Crippen LogP contribution < -0.4 is 4.87 Å². The van der Waals surface area contributed by atoms with Crippen molar-refractivity contribution in [2.75, 3.05) is 26.2 Å². The Morgan fingerprint density at radius 2 is 1.85 bits per heavy atom. The fourth-order valence-corrected chi connectivity index (χ4v) is 6.50. The lowest BCUT2D eigenvalue weighted by atomic mass is 10.2. The summed E-state index contributed by atoms with van der Waals surface area (Å²) in [5, 5.41) is 0.560. The minimum atomic E-state index is -3.72. The van der Waals surface area contributed by atoms with Crippen LogP contribution in [-0.2, 0) is 21.4 Å². The predicted octanol–water partition coefficient (Wildman–Crippen LogP) is 3.67. The van der Waals surface area contributed by atoms with Crippen molar-refractivity contribution in [2.24, 2.45) is 0 Å². The maximum atomic E-state index is 13.2. The average molecular weight is 506 g/mol. The van der Waals surface area contributed by atoms with E-state index in [1.165, 1.54) is 10.4 Å². The van der Waals surface area contributed by atoms with E-state index in [2.05, 4.69) is 0 Å². The Morgan fingerprint density at radius 1 is 1.12 bits per heavy atom. The standard InChI is InChI=1S/C23H24ClN3O4S2/c1-2-11-27-20-9-8-18(16-21(20)32-23(27)29)33(30,31)26-14-12-25(13-15-26)22(28)10-7-17-5-3-4-6-19(17)24/h3-10,16H,2,11-15H2,1H3. The summed E-state index contributed by atoms with van der Waals surface area (Å²) in [7, 11) is -3.72. The molecule has 0 spiro atoms. The van der Waals surface area contributed by atoms with E-state index in [4.69, 9.17) is 11.6 Å². The van der Waals surface area contributed by atoms with E-state index in [9.17, 15) is 18.0 Å². The Morgan fingerprint density at radius 3 is 2.55 bits per heavy atom. The molecule has 0 saturated carbocycles. The monoisotopic (exact) mass is 505 g/mol. The molecule has 3 aromatic rings. The molecule has 1 aliphatic rings. The summed E-state index contributed by atoms with van der Waals surface area (Å²) >= 11 is 7.17. The lowest BCUT2D eigenvalue weighted by Crippen LogP contribution is -2.50. The summed E-state index contributed by atoms with van der Waals surface area (Å²) < 4.78 is 30.1. The van der Waals surface area contributed by atoms with Gasteiger partial charge in [0.2, 0.25) is 15.9 Å². The lowest BCUT2D eigenvalue weighted by molar-refractivity contribution is -0.127. The highest BCUT2D eigenvalue weighted by molar-refractivity contribution is 7.89. The Balaban J connectivity index is 1.45. The second-order valence-electron chi connectivity index (χ2n) is 7.73. The molecule has 10 heteroatoms. The van der Waals surface area contributed by atoms with Crippen molar-refractivity contribution in [2.45, 2.75) is 24.8 Å². The molecule has 0 radical (unpaired) electrons. The van der Waals surface area contributed by atoms with E-state index in [1.54, 1.807) is 39.8 Å². The first-order valence-electron chi connectivity index (χ1n) is 10.7. The van der Waals surface area contributed by atoms with Crippen LogP contribution in [0.4, 0.5) is 0 Å². The van der Waals surface area contributed by atoms with Gasteiger partial charge in [-0.05, 0) is 42.3 Å².